The molecule has 0 aliphatic carbocycles. The fourth-order valence-corrected chi connectivity index (χ4v) is 2.68. The summed E-state index contributed by atoms with van der Waals surface area (Å²) in [5, 5.41) is 17.6. The molecule has 0 aliphatic rings. The second-order valence-electron chi connectivity index (χ2n) is 4.63. The molecule has 0 saturated heterocycles. The molecule has 0 bridgehead atoms. The fourth-order valence-electron chi connectivity index (χ4n) is 1.53. The summed E-state index contributed by atoms with van der Waals surface area (Å²) in [5.41, 5.74) is 0.0842. The van der Waals surface area contributed by atoms with Gasteiger partial charge in [-0.2, -0.15) is 9.98 Å². The van der Waals surface area contributed by atoms with Gasteiger partial charge in [0, 0.05) is 6.20 Å². The van der Waals surface area contributed by atoms with Crippen LogP contribution in [0.2, 0.25) is 0 Å². The van der Waals surface area contributed by atoms with Crippen molar-refractivity contribution in [2.45, 2.75) is 31.2 Å². The van der Waals surface area contributed by atoms with Gasteiger partial charge in [-0.05, 0) is 24.5 Å². The van der Waals surface area contributed by atoms with Crippen molar-refractivity contribution in [3.63, 3.8) is 0 Å². The molecule has 1 heterocycles. The van der Waals surface area contributed by atoms with Crippen molar-refractivity contribution >= 4 is 16.0 Å². The Morgan fingerprint density at radius 3 is 2.55 bits per heavy atom. The summed E-state index contributed by atoms with van der Waals surface area (Å²) in [6, 6.07) is 3.04. The monoisotopic (exact) mass is 297 g/mol. The Morgan fingerprint density at radius 1 is 1.50 bits per heavy atom. The van der Waals surface area contributed by atoms with Gasteiger partial charge in [0.2, 0.25) is 10.0 Å². The fraction of sp³-hybridized carbons (Fsp3) is 0.417. The highest BCUT2D eigenvalue weighted by molar-refractivity contribution is 7.89. The van der Waals surface area contributed by atoms with Crippen molar-refractivity contribution < 1.29 is 18.3 Å². The normalized spacial score (nSPS) is 12.9. The molecule has 0 fully saturated rings. The van der Waals surface area contributed by atoms with Crippen molar-refractivity contribution in [3.05, 3.63) is 24.0 Å². The van der Waals surface area contributed by atoms with Crippen LogP contribution in [-0.2, 0) is 14.8 Å². The van der Waals surface area contributed by atoms with Crippen molar-refractivity contribution in [1.29, 1.82) is 5.26 Å². The molecule has 0 radical (unpaired) electrons. The van der Waals surface area contributed by atoms with E-state index < -0.39 is 22.0 Å². The van der Waals surface area contributed by atoms with Crippen molar-refractivity contribution in [2.24, 2.45) is 5.92 Å². The highest BCUT2D eigenvalue weighted by Gasteiger charge is 2.26. The largest absolute Gasteiger partial charge is 0.480 e. The van der Waals surface area contributed by atoms with Crippen LogP contribution in [0, 0.1) is 17.2 Å². The molecule has 0 amide bonds. The number of rotatable bonds is 6. The lowest BCUT2D eigenvalue weighted by molar-refractivity contribution is -0.139. The van der Waals surface area contributed by atoms with Crippen LogP contribution in [0.5, 0.6) is 0 Å². The molecule has 8 heteroatoms. The van der Waals surface area contributed by atoms with Crippen LogP contribution in [0.1, 0.15) is 26.0 Å². The van der Waals surface area contributed by atoms with Gasteiger partial charge in [-0.25, -0.2) is 13.4 Å². The Hall–Kier alpha value is -1.98. The topological polar surface area (TPSA) is 120 Å². The Labute approximate surface area is 117 Å². The molecule has 0 unspecified atom stereocenters. The number of aliphatic carboxylic acids is 1. The zero-order valence-corrected chi connectivity index (χ0v) is 11.9. The number of nitrogens with zero attached hydrogens (tertiary/aromatic N) is 2. The Kier molecular flexibility index (Phi) is 5.19. The van der Waals surface area contributed by atoms with Crippen LogP contribution in [0.3, 0.4) is 0 Å². The molecule has 0 aliphatic heterocycles. The van der Waals surface area contributed by atoms with E-state index in [0.717, 1.165) is 6.20 Å². The van der Waals surface area contributed by atoms with Gasteiger partial charge < -0.3 is 5.11 Å². The van der Waals surface area contributed by atoms with E-state index in [4.69, 9.17) is 10.4 Å². The molecule has 0 aromatic carbocycles. The van der Waals surface area contributed by atoms with Gasteiger partial charge in [0.1, 0.15) is 22.7 Å². The SMILES string of the molecule is CC(C)C[C@H](NS(=O)(=O)c1ccc(C#N)nc1)C(=O)O. The predicted molar refractivity (Wildman–Crippen MR) is 70.2 cm³/mol. The molecule has 1 aromatic rings. The van der Waals surface area contributed by atoms with Crippen LogP contribution in [0.4, 0.5) is 0 Å². The number of hydrogen-bond acceptors (Lipinski definition) is 5. The maximum absolute atomic E-state index is 12.0. The van der Waals surface area contributed by atoms with Crippen molar-refractivity contribution in [3.8, 4) is 6.07 Å². The van der Waals surface area contributed by atoms with Crippen LogP contribution in [-0.4, -0.2) is 30.5 Å². The lowest BCUT2D eigenvalue weighted by Crippen LogP contribution is -2.41. The minimum absolute atomic E-state index is 0.0258. The van der Waals surface area contributed by atoms with Crippen LogP contribution in [0.15, 0.2) is 23.2 Å². The number of carboxylic acids is 1. The van der Waals surface area contributed by atoms with Crippen molar-refractivity contribution in [2.75, 3.05) is 0 Å². The molecule has 2 N–H and O–H groups in total. The Balaban J connectivity index is 2.97. The molecular formula is C12H15N3O4S. The summed E-state index contributed by atoms with van der Waals surface area (Å²) >= 11 is 0. The molecule has 0 saturated carbocycles. The quantitative estimate of drug-likeness (QED) is 0.798. The van der Waals surface area contributed by atoms with E-state index in [9.17, 15) is 13.2 Å². The summed E-state index contributed by atoms with van der Waals surface area (Å²) in [6.45, 7) is 3.60. The van der Waals surface area contributed by atoms with E-state index in [1.165, 1.54) is 12.1 Å². The number of nitrogens with one attached hydrogen (secondary N) is 1. The third-order valence-electron chi connectivity index (χ3n) is 2.46. The zero-order chi connectivity index (χ0) is 15.3. The molecule has 7 nitrogen and oxygen atoms in total. The predicted octanol–water partition coefficient (Wildman–Crippen LogP) is 0.731. The first-order valence-electron chi connectivity index (χ1n) is 5.87. The lowest BCUT2D eigenvalue weighted by atomic mass is 10.1. The Bertz CT molecular complexity index is 617. The second-order valence-corrected chi connectivity index (χ2v) is 6.35. The molecule has 1 rings (SSSR count). The van der Waals surface area contributed by atoms with Gasteiger partial charge in [-0.3, -0.25) is 4.79 Å². The highest BCUT2D eigenvalue weighted by Crippen LogP contribution is 2.12. The van der Waals surface area contributed by atoms with E-state index in [1.54, 1.807) is 19.9 Å². The van der Waals surface area contributed by atoms with Crippen LogP contribution >= 0.6 is 0 Å². The van der Waals surface area contributed by atoms with E-state index in [2.05, 4.69) is 9.71 Å². The lowest BCUT2D eigenvalue weighted by Gasteiger charge is -2.16. The van der Waals surface area contributed by atoms with E-state index in [1.807, 2.05) is 0 Å². The van der Waals surface area contributed by atoms with E-state index in [0.29, 0.717) is 0 Å². The minimum Gasteiger partial charge on any atom is -0.480 e. The smallest absolute Gasteiger partial charge is 0.321 e. The highest BCUT2D eigenvalue weighted by atomic mass is 32.2. The molecule has 1 aromatic heterocycles. The first-order chi connectivity index (χ1) is 9.26. The number of carbonyl (C=O) groups is 1. The second kappa shape index (κ2) is 6.45. The number of nitriles is 1. The molecule has 20 heavy (non-hydrogen) atoms. The summed E-state index contributed by atoms with van der Waals surface area (Å²) in [6.07, 6.45) is 1.20. The number of hydrogen-bond donors (Lipinski definition) is 2. The van der Waals surface area contributed by atoms with Crippen LogP contribution in [0.25, 0.3) is 0 Å². The third kappa shape index (κ3) is 4.29. The molecule has 1 atom stereocenters. The van der Waals surface area contributed by atoms with Gasteiger partial charge in [0.15, 0.2) is 0 Å². The molecule has 0 spiro atoms. The van der Waals surface area contributed by atoms with Gasteiger partial charge >= 0.3 is 5.97 Å². The first-order valence-corrected chi connectivity index (χ1v) is 7.36. The number of carboxylic acid groups (broad SMARTS) is 1. The molecular weight excluding hydrogens is 282 g/mol. The minimum atomic E-state index is -3.98. The van der Waals surface area contributed by atoms with Gasteiger partial charge in [-0.1, -0.05) is 13.8 Å². The van der Waals surface area contributed by atoms with Gasteiger partial charge in [-0.15, -0.1) is 0 Å². The summed E-state index contributed by atoms with van der Waals surface area (Å²) < 4.78 is 26.2. The summed E-state index contributed by atoms with van der Waals surface area (Å²) in [7, 11) is -3.98. The number of sulfonamides is 1. The third-order valence-corrected chi connectivity index (χ3v) is 3.92. The number of aromatic nitrogens is 1. The summed E-state index contributed by atoms with van der Waals surface area (Å²) in [5.74, 6) is -1.21. The number of pyridine rings is 1. The average Bonchev–Trinajstić information content (AvgIpc) is 2.37. The van der Waals surface area contributed by atoms with E-state index in [-0.39, 0.29) is 22.9 Å². The van der Waals surface area contributed by atoms with E-state index >= 15 is 0 Å². The standard InChI is InChI=1S/C12H15N3O4S/c1-8(2)5-11(12(16)17)15-20(18,19)10-4-3-9(6-13)14-7-10/h3-4,7-8,11,15H,5H2,1-2H3,(H,16,17)/t11-/m0/s1. The maximum Gasteiger partial charge on any atom is 0.321 e. The van der Waals surface area contributed by atoms with Gasteiger partial charge in [0.05, 0.1) is 0 Å². The van der Waals surface area contributed by atoms with Gasteiger partial charge in [0.25, 0.3) is 0 Å². The first kappa shape index (κ1) is 16.1. The zero-order valence-electron chi connectivity index (χ0n) is 11.1. The maximum atomic E-state index is 12.0. The summed E-state index contributed by atoms with van der Waals surface area (Å²) in [4.78, 5) is 14.5. The average molecular weight is 297 g/mol. The van der Waals surface area contributed by atoms with Crippen LogP contribution < -0.4 is 4.72 Å². The Morgan fingerprint density at radius 2 is 2.15 bits per heavy atom. The van der Waals surface area contributed by atoms with Crippen molar-refractivity contribution in [1.82, 2.24) is 9.71 Å². The molecule has 108 valence electrons.